The van der Waals surface area contributed by atoms with E-state index in [4.69, 9.17) is 21.1 Å². The maximum Gasteiger partial charge on any atom is 0.214 e. The second-order valence-electron chi connectivity index (χ2n) is 2.82. The van der Waals surface area contributed by atoms with Crippen LogP contribution in [-0.2, 0) is 4.74 Å². The summed E-state index contributed by atoms with van der Waals surface area (Å²) in [5, 5.41) is 3.19. The van der Waals surface area contributed by atoms with E-state index in [2.05, 4.69) is 10.3 Å². The Kier molecular flexibility index (Phi) is 5.88. The molecule has 1 rings (SSSR count). The minimum Gasteiger partial charge on any atom is -0.481 e. The number of nitrogens with one attached hydrogen (secondary N) is 1. The molecule has 0 bridgehead atoms. The molecular weight excluding hydrogens is 216 g/mol. The van der Waals surface area contributed by atoms with Crippen LogP contribution in [0.2, 0.25) is 0 Å². The zero-order valence-corrected chi connectivity index (χ0v) is 9.46. The fourth-order valence-corrected chi connectivity index (χ4v) is 1.16. The minimum atomic E-state index is 0.531. The van der Waals surface area contributed by atoms with E-state index < -0.39 is 0 Å². The summed E-state index contributed by atoms with van der Waals surface area (Å²) in [6.07, 6.45) is 1.70. The lowest BCUT2D eigenvalue weighted by molar-refractivity contribution is 0.160. The summed E-state index contributed by atoms with van der Waals surface area (Å²) >= 11 is 5.47. The number of hydrogen-bond acceptors (Lipinski definition) is 4. The predicted molar refractivity (Wildman–Crippen MR) is 60.8 cm³/mol. The van der Waals surface area contributed by atoms with Crippen molar-refractivity contribution in [3.8, 4) is 5.88 Å². The Bertz CT molecular complexity index is 284. The highest BCUT2D eigenvalue weighted by Crippen LogP contribution is 2.12. The third-order valence-corrected chi connectivity index (χ3v) is 1.90. The van der Waals surface area contributed by atoms with Crippen molar-refractivity contribution in [1.29, 1.82) is 0 Å². The van der Waals surface area contributed by atoms with Crippen molar-refractivity contribution in [2.45, 2.75) is 0 Å². The van der Waals surface area contributed by atoms with Crippen LogP contribution in [0.15, 0.2) is 18.3 Å². The Balaban J connectivity index is 2.24. The summed E-state index contributed by atoms with van der Waals surface area (Å²) in [4.78, 5) is 4.00. The third-order valence-electron chi connectivity index (χ3n) is 1.74. The maximum absolute atomic E-state index is 5.47. The lowest BCUT2D eigenvalue weighted by atomic mass is 10.4. The second kappa shape index (κ2) is 7.31. The van der Waals surface area contributed by atoms with Crippen molar-refractivity contribution in [2.75, 3.05) is 38.1 Å². The number of nitrogens with zero attached hydrogens (tertiary/aromatic N) is 1. The van der Waals surface area contributed by atoms with E-state index in [1.54, 1.807) is 13.3 Å². The van der Waals surface area contributed by atoms with E-state index in [-0.39, 0.29) is 0 Å². The molecule has 1 aromatic heterocycles. The molecule has 0 aliphatic heterocycles. The number of halogens is 1. The monoisotopic (exact) mass is 230 g/mol. The van der Waals surface area contributed by atoms with Crippen LogP contribution in [0.5, 0.6) is 5.88 Å². The highest BCUT2D eigenvalue weighted by atomic mass is 35.5. The molecule has 0 unspecified atom stereocenters. The van der Waals surface area contributed by atoms with Gasteiger partial charge in [0.05, 0.1) is 20.3 Å². The summed E-state index contributed by atoms with van der Waals surface area (Å²) < 4.78 is 10.2. The van der Waals surface area contributed by atoms with Gasteiger partial charge in [-0.3, -0.25) is 0 Å². The predicted octanol–water partition coefficient (Wildman–Crippen LogP) is 1.76. The Morgan fingerprint density at radius 2 is 2.33 bits per heavy atom. The molecule has 0 atom stereocenters. The first-order valence-electron chi connectivity index (χ1n) is 4.74. The van der Waals surface area contributed by atoms with Gasteiger partial charge in [-0.25, -0.2) is 4.98 Å². The van der Waals surface area contributed by atoms with Crippen molar-refractivity contribution in [3.63, 3.8) is 0 Å². The van der Waals surface area contributed by atoms with Gasteiger partial charge in [-0.1, -0.05) is 0 Å². The summed E-state index contributed by atoms with van der Waals surface area (Å²) in [5.41, 5.74) is 0.969. The summed E-state index contributed by atoms with van der Waals surface area (Å²) in [5.74, 6) is 1.13. The maximum atomic E-state index is 5.47. The Hall–Kier alpha value is -1.00. The third kappa shape index (κ3) is 4.85. The first-order chi connectivity index (χ1) is 7.36. The summed E-state index contributed by atoms with van der Waals surface area (Å²) in [7, 11) is 1.59. The van der Waals surface area contributed by atoms with Gasteiger partial charge in [0.25, 0.3) is 0 Å². The number of ether oxygens (including phenoxy) is 2. The molecule has 0 saturated heterocycles. The van der Waals surface area contributed by atoms with Crippen LogP contribution in [0.1, 0.15) is 0 Å². The zero-order valence-electron chi connectivity index (χ0n) is 8.70. The molecule has 0 aliphatic carbocycles. The van der Waals surface area contributed by atoms with E-state index in [0.29, 0.717) is 25.0 Å². The molecule has 1 aromatic rings. The topological polar surface area (TPSA) is 43.4 Å². The van der Waals surface area contributed by atoms with E-state index in [0.717, 1.165) is 12.2 Å². The largest absolute Gasteiger partial charge is 0.481 e. The second-order valence-corrected chi connectivity index (χ2v) is 3.19. The first kappa shape index (κ1) is 12.1. The van der Waals surface area contributed by atoms with Gasteiger partial charge in [0.15, 0.2) is 0 Å². The highest BCUT2D eigenvalue weighted by Gasteiger charge is 1.95. The SMILES string of the molecule is COc1cc(NCCOCCCl)ccn1. The lowest BCUT2D eigenvalue weighted by Gasteiger charge is -2.07. The molecule has 1 N–H and O–H groups in total. The molecule has 5 heteroatoms. The van der Waals surface area contributed by atoms with Crippen molar-refractivity contribution in [3.05, 3.63) is 18.3 Å². The van der Waals surface area contributed by atoms with Gasteiger partial charge in [-0.15, -0.1) is 11.6 Å². The Labute approximate surface area is 94.6 Å². The zero-order chi connectivity index (χ0) is 10.9. The number of hydrogen-bond donors (Lipinski definition) is 1. The van der Waals surface area contributed by atoms with Crippen LogP contribution < -0.4 is 10.1 Å². The lowest BCUT2D eigenvalue weighted by Crippen LogP contribution is -2.10. The van der Waals surface area contributed by atoms with Crippen LogP contribution >= 0.6 is 11.6 Å². The molecule has 4 nitrogen and oxygen atoms in total. The van der Waals surface area contributed by atoms with E-state index in [1.165, 1.54) is 0 Å². The van der Waals surface area contributed by atoms with Crippen LogP contribution in [0.3, 0.4) is 0 Å². The molecule has 0 spiro atoms. The van der Waals surface area contributed by atoms with Gasteiger partial charge in [-0.2, -0.15) is 0 Å². The molecule has 1 heterocycles. The molecule has 0 amide bonds. The number of methoxy groups -OCH3 is 1. The number of aromatic nitrogens is 1. The number of rotatable bonds is 7. The van der Waals surface area contributed by atoms with E-state index >= 15 is 0 Å². The summed E-state index contributed by atoms with van der Waals surface area (Å²) in [6.45, 7) is 1.96. The van der Waals surface area contributed by atoms with Gasteiger partial charge in [0, 0.05) is 30.4 Å². The standard InChI is InChI=1S/C10H15ClN2O2/c1-14-10-8-9(2-4-13-10)12-5-7-15-6-3-11/h2,4,8H,3,5-7H2,1H3,(H,12,13). The number of alkyl halides is 1. The van der Waals surface area contributed by atoms with Gasteiger partial charge >= 0.3 is 0 Å². The molecule has 15 heavy (non-hydrogen) atoms. The smallest absolute Gasteiger partial charge is 0.214 e. The van der Waals surface area contributed by atoms with Gasteiger partial charge < -0.3 is 14.8 Å². The fourth-order valence-electron chi connectivity index (χ4n) is 1.06. The average Bonchev–Trinajstić information content (AvgIpc) is 2.29. The molecule has 0 aliphatic rings. The van der Waals surface area contributed by atoms with Crippen molar-refractivity contribution in [2.24, 2.45) is 0 Å². The summed E-state index contributed by atoms with van der Waals surface area (Å²) in [6, 6.07) is 3.71. The molecule has 84 valence electrons. The van der Waals surface area contributed by atoms with Crippen LogP contribution in [0, 0.1) is 0 Å². The molecule has 0 aromatic carbocycles. The van der Waals surface area contributed by atoms with Crippen LogP contribution in [0.4, 0.5) is 5.69 Å². The molecule has 0 fully saturated rings. The quantitative estimate of drug-likeness (QED) is 0.573. The van der Waals surface area contributed by atoms with Gasteiger partial charge in [0.1, 0.15) is 0 Å². The minimum absolute atomic E-state index is 0.531. The Morgan fingerprint density at radius 1 is 1.47 bits per heavy atom. The van der Waals surface area contributed by atoms with Gasteiger partial charge in [0.2, 0.25) is 5.88 Å². The average molecular weight is 231 g/mol. The van der Waals surface area contributed by atoms with Gasteiger partial charge in [-0.05, 0) is 6.07 Å². The fraction of sp³-hybridized carbons (Fsp3) is 0.500. The van der Waals surface area contributed by atoms with E-state index in [9.17, 15) is 0 Å². The molecule has 0 saturated carbocycles. The normalized spacial score (nSPS) is 10.0. The van der Waals surface area contributed by atoms with Crippen molar-refractivity contribution in [1.82, 2.24) is 4.98 Å². The molecule has 0 radical (unpaired) electrons. The Morgan fingerprint density at radius 3 is 3.07 bits per heavy atom. The van der Waals surface area contributed by atoms with Crippen LogP contribution in [0.25, 0.3) is 0 Å². The number of pyridine rings is 1. The van der Waals surface area contributed by atoms with Crippen molar-refractivity contribution < 1.29 is 9.47 Å². The highest BCUT2D eigenvalue weighted by molar-refractivity contribution is 6.17. The first-order valence-corrected chi connectivity index (χ1v) is 5.28. The number of anilines is 1. The van der Waals surface area contributed by atoms with E-state index in [1.807, 2.05) is 12.1 Å². The van der Waals surface area contributed by atoms with Crippen molar-refractivity contribution >= 4 is 17.3 Å². The molecular formula is C10H15ClN2O2. The van der Waals surface area contributed by atoms with Crippen LogP contribution in [-0.4, -0.2) is 37.7 Å².